The molecule has 0 amide bonds. The lowest BCUT2D eigenvalue weighted by Crippen LogP contribution is -2.69. The normalized spacial score (nSPS) is 47.6. The summed E-state index contributed by atoms with van der Waals surface area (Å²) in [7, 11) is 29.2. The molecular formula is C62H108O33. The maximum Gasteiger partial charge on any atom is 0.187 e. The fraction of sp³-hybridized carbons (Fsp3) is 1.00. The van der Waals surface area contributed by atoms with Gasteiger partial charge in [-0.15, -0.1) is 0 Å². The van der Waals surface area contributed by atoms with Gasteiger partial charge in [0.1, 0.15) is 159 Å². The first-order chi connectivity index (χ1) is 46.3. The number of hydrogen-bond donors (Lipinski definition) is 0. The molecule has 35 atom stereocenters. The van der Waals surface area contributed by atoms with E-state index in [9.17, 15) is 0 Å². The minimum absolute atomic E-state index is 0.00660. The van der Waals surface area contributed by atoms with Gasteiger partial charge in [0.2, 0.25) is 0 Å². The summed E-state index contributed by atoms with van der Waals surface area (Å²) in [6, 6.07) is 0. The quantitative estimate of drug-likeness (QED) is 0.105. The molecule has 95 heavy (non-hydrogen) atoms. The van der Waals surface area contributed by atoms with Gasteiger partial charge in [0.25, 0.3) is 0 Å². The van der Waals surface area contributed by atoms with Crippen LogP contribution >= 0.6 is 0 Å². The number of rotatable bonds is 25. The molecule has 33 nitrogen and oxygen atoms in total. The Balaban J connectivity index is 1.11. The van der Waals surface area contributed by atoms with E-state index < -0.39 is 209 Å². The zero-order valence-electron chi connectivity index (χ0n) is 58.3. The van der Waals surface area contributed by atoms with E-state index in [1.807, 2.05) is 0 Å². The first kappa shape index (κ1) is 77.8. The van der Waals surface area contributed by atoms with Crippen LogP contribution in [0.2, 0.25) is 0 Å². The van der Waals surface area contributed by atoms with E-state index in [1.54, 1.807) is 49.8 Å². The summed E-state index contributed by atoms with van der Waals surface area (Å²) in [5.41, 5.74) is 0. The molecule has 0 radical (unpaired) electrons. The van der Waals surface area contributed by atoms with Crippen molar-refractivity contribution in [2.24, 2.45) is 5.92 Å². The molecule has 21 aliphatic heterocycles. The fourth-order valence-electron chi connectivity index (χ4n) is 15.4. The SMILES string of the molecule is COC[C@H]1O[C@@H]2O[C@@H]3[C@@H]4CO[C@@H]3[C@@H](OC)[C@H](C4)O[C@H]3[C@H](OC)[C@@H](OC)[C@@H](O[C@H]4[C@H](OC)[C@@H](OC)[C@@H](O[C@H]5[C@H](OC)[C@@H](OC)[C@@H](O[C@H]6[C@H](OC)[C@@H](OC)[C@@H](O[C@H]7[C@H](OC)[C@@H](OC)[C@@H](O[C@H]1[C@H](OC)[C@H]2OC)O[C@@H]7COC)O[C@@H]6COC)O[C@@H]5COC)O[C@@H]4COC)O[C@@H]3COC. The highest BCUT2D eigenvalue weighted by molar-refractivity contribution is 5.06. The van der Waals surface area contributed by atoms with E-state index in [4.69, 9.17) is 156 Å². The first-order valence-corrected chi connectivity index (χ1v) is 32.2. The van der Waals surface area contributed by atoms with E-state index in [2.05, 4.69) is 0 Å². The maximum absolute atomic E-state index is 7.18. The molecule has 1 saturated carbocycles. The van der Waals surface area contributed by atoms with E-state index in [0.717, 1.165) is 0 Å². The van der Waals surface area contributed by atoms with Crippen LogP contribution in [-0.2, 0) is 156 Å². The summed E-state index contributed by atoms with van der Waals surface area (Å²) < 4.78 is 214. The Bertz CT molecular complexity index is 2170. The van der Waals surface area contributed by atoms with Crippen LogP contribution in [0.5, 0.6) is 0 Å². The molecule has 554 valence electrons. The Hall–Kier alpha value is -1.32. The van der Waals surface area contributed by atoms with Gasteiger partial charge in [0.15, 0.2) is 37.7 Å². The monoisotopic (exact) mass is 1380 g/mol. The molecule has 16 bridgehead atoms. The van der Waals surface area contributed by atoms with Crippen molar-refractivity contribution < 1.29 is 156 Å². The van der Waals surface area contributed by atoms with Crippen LogP contribution < -0.4 is 0 Å². The molecular weight excluding hydrogens is 1270 g/mol. The van der Waals surface area contributed by atoms with Crippen LogP contribution in [0, 0.1) is 5.92 Å². The smallest absolute Gasteiger partial charge is 0.187 e. The van der Waals surface area contributed by atoms with Gasteiger partial charge in [-0.2, -0.15) is 0 Å². The topological polar surface area (TPSA) is 305 Å². The van der Waals surface area contributed by atoms with Crippen LogP contribution in [0.25, 0.3) is 0 Å². The Labute approximate surface area is 557 Å². The molecule has 22 aliphatic rings. The Kier molecular flexibility index (Phi) is 30.5. The predicted molar refractivity (Wildman–Crippen MR) is 319 cm³/mol. The van der Waals surface area contributed by atoms with Gasteiger partial charge in [-0.05, 0) is 6.42 Å². The molecule has 21 saturated heterocycles. The van der Waals surface area contributed by atoms with Gasteiger partial charge in [0, 0.05) is 141 Å². The maximum atomic E-state index is 7.18. The summed E-state index contributed by atoms with van der Waals surface area (Å²) in [5.74, 6) is -0.232. The summed E-state index contributed by atoms with van der Waals surface area (Å²) in [6.07, 6.45) is -31.1. The Morgan fingerprint density at radius 2 is 0.411 bits per heavy atom. The standard InChI is InChI=1S/C62H108O33/c1-63-22-30-38-44(70-8)51(76-14)58(84-30)91-40-32(24-65-3)86-60(53(78-16)46(40)72-10)93-42-34(26-67-5)88-62(55(80-18)48(42)74-12)95-43-35(27-68-6)89-61(56(81-19)49(43)75-13)94-41-33(25-66-4)87-59(54(79-17)47(41)73-11)92-39-31(23-64-2)85-57(52(77-15)45(39)71-9)90-36-28-20-29(83-38)37(69-7)50(36)82-21-28/h28-62H,20-27H2,1-19H3/t28-,29-,30+,31+,32+,33+,34+,35+,36+,37-,38+,39+,40+,41+,42+,43+,44-,45-,46-,47-,48-,49-,50-,51+,52+,53+,54+,55+,56+,57+,58+,59+,60+,61+,62+/m0/s1. The largest absolute Gasteiger partial charge is 0.382 e. The number of hydrogen-bond acceptors (Lipinski definition) is 33. The van der Waals surface area contributed by atoms with Gasteiger partial charge >= 0.3 is 0 Å². The van der Waals surface area contributed by atoms with Crippen molar-refractivity contribution in [3.63, 3.8) is 0 Å². The van der Waals surface area contributed by atoms with Crippen LogP contribution in [0.1, 0.15) is 6.42 Å². The van der Waals surface area contributed by atoms with Crippen LogP contribution in [0.3, 0.4) is 0 Å². The summed E-state index contributed by atoms with van der Waals surface area (Å²) in [5, 5.41) is 0. The van der Waals surface area contributed by atoms with E-state index in [0.29, 0.717) is 13.0 Å². The molecule has 0 spiro atoms. The zero-order chi connectivity index (χ0) is 68.2. The fourth-order valence-corrected chi connectivity index (χ4v) is 15.4. The van der Waals surface area contributed by atoms with Crippen LogP contribution in [0.4, 0.5) is 0 Å². The molecule has 0 aromatic rings. The highest BCUT2D eigenvalue weighted by atomic mass is 16.8. The van der Waals surface area contributed by atoms with Gasteiger partial charge in [-0.1, -0.05) is 0 Å². The number of methoxy groups -OCH3 is 19. The second-order valence-electron chi connectivity index (χ2n) is 24.6. The third-order valence-electron chi connectivity index (χ3n) is 19.7. The highest BCUT2D eigenvalue weighted by Gasteiger charge is 2.62. The minimum atomic E-state index is -1.20. The molecule has 1 aliphatic carbocycles. The summed E-state index contributed by atoms with van der Waals surface area (Å²) in [6.45, 7) is 0.336. The van der Waals surface area contributed by atoms with E-state index >= 15 is 0 Å². The molecule has 0 aromatic carbocycles. The Morgan fingerprint density at radius 1 is 0.211 bits per heavy atom. The van der Waals surface area contributed by atoms with Crippen molar-refractivity contribution >= 4 is 0 Å². The molecule has 0 N–H and O–H groups in total. The molecule has 0 aromatic heterocycles. The molecule has 0 unspecified atom stereocenters. The summed E-state index contributed by atoms with van der Waals surface area (Å²) in [4.78, 5) is 0. The van der Waals surface area contributed by atoms with Crippen molar-refractivity contribution in [1.29, 1.82) is 0 Å². The van der Waals surface area contributed by atoms with E-state index in [-0.39, 0.29) is 45.6 Å². The van der Waals surface area contributed by atoms with Crippen molar-refractivity contribution in [3.05, 3.63) is 0 Å². The average molecular weight is 1380 g/mol. The lowest BCUT2D eigenvalue weighted by atomic mass is 9.82. The van der Waals surface area contributed by atoms with E-state index in [1.165, 1.54) is 85.3 Å². The van der Waals surface area contributed by atoms with Crippen molar-refractivity contribution in [3.8, 4) is 0 Å². The van der Waals surface area contributed by atoms with Gasteiger partial charge in [0.05, 0.1) is 58.5 Å². The third kappa shape index (κ3) is 16.4. The molecule has 21 heterocycles. The summed E-state index contributed by atoms with van der Waals surface area (Å²) >= 11 is 0. The van der Waals surface area contributed by atoms with Crippen molar-refractivity contribution in [1.82, 2.24) is 0 Å². The predicted octanol–water partition coefficient (Wildman–Crippen LogP) is -1.09. The lowest BCUT2D eigenvalue weighted by molar-refractivity contribution is -0.402. The average Bonchev–Trinajstić information content (AvgIpc) is 1.78. The first-order valence-electron chi connectivity index (χ1n) is 32.2. The van der Waals surface area contributed by atoms with Gasteiger partial charge in [-0.3, -0.25) is 0 Å². The van der Waals surface area contributed by atoms with Gasteiger partial charge < -0.3 is 156 Å². The second-order valence-corrected chi connectivity index (χ2v) is 24.6. The number of ether oxygens (including phenoxy) is 33. The second kappa shape index (κ2) is 37.2. The van der Waals surface area contributed by atoms with Crippen molar-refractivity contribution in [2.75, 3.05) is 181 Å². The highest BCUT2D eigenvalue weighted by Crippen LogP contribution is 2.45. The lowest BCUT2D eigenvalue weighted by Gasteiger charge is -2.52. The minimum Gasteiger partial charge on any atom is -0.382 e. The zero-order valence-corrected chi connectivity index (χ0v) is 58.3. The van der Waals surface area contributed by atoms with Crippen molar-refractivity contribution in [2.45, 2.75) is 215 Å². The molecule has 33 heteroatoms. The van der Waals surface area contributed by atoms with Crippen LogP contribution in [0.15, 0.2) is 0 Å². The molecule has 22 fully saturated rings. The Morgan fingerprint density at radius 3 is 0.611 bits per heavy atom. The van der Waals surface area contributed by atoms with Gasteiger partial charge in [-0.25, -0.2) is 0 Å². The van der Waals surface area contributed by atoms with Crippen LogP contribution in [-0.4, -0.2) is 390 Å². The molecule has 22 rings (SSSR count). The third-order valence-corrected chi connectivity index (χ3v) is 19.7.